The Hall–Kier alpha value is -2.75. The lowest BCUT2D eigenvalue weighted by Crippen LogP contribution is -2.52. The Labute approximate surface area is 155 Å². The molecule has 2 aromatic carbocycles. The zero-order chi connectivity index (χ0) is 19.5. The highest BCUT2D eigenvalue weighted by molar-refractivity contribution is 8.13. The smallest absolute Gasteiger partial charge is 0.421 e. The van der Waals surface area contributed by atoms with Crippen molar-refractivity contribution < 1.29 is 27.0 Å². The molecule has 0 spiro atoms. The maximum Gasteiger partial charge on any atom is 0.507 e. The van der Waals surface area contributed by atoms with Gasteiger partial charge in [0, 0.05) is 11.3 Å². The minimum absolute atomic E-state index is 0.00714. The van der Waals surface area contributed by atoms with Gasteiger partial charge >= 0.3 is 12.2 Å². The summed E-state index contributed by atoms with van der Waals surface area (Å²) in [6.07, 6.45) is -8.51. The number of halogens is 4. The molecule has 0 radical (unpaired) electrons. The Morgan fingerprint density at radius 3 is 2.44 bits per heavy atom. The maximum absolute atomic E-state index is 13.4. The van der Waals surface area contributed by atoms with Gasteiger partial charge in [-0.25, -0.2) is 0 Å². The van der Waals surface area contributed by atoms with E-state index in [2.05, 4.69) is 19.7 Å². The van der Waals surface area contributed by atoms with Crippen molar-refractivity contribution in [3.63, 3.8) is 0 Å². The zero-order valence-electron chi connectivity index (χ0n) is 13.6. The molecule has 142 valence electrons. The topological polar surface area (TPSA) is 69.2 Å². The van der Waals surface area contributed by atoms with Crippen LogP contribution in [0.2, 0.25) is 0 Å². The van der Waals surface area contributed by atoms with Gasteiger partial charge in [-0.2, -0.15) is 22.7 Å². The van der Waals surface area contributed by atoms with E-state index in [-0.39, 0.29) is 10.7 Å². The van der Waals surface area contributed by atoms with Gasteiger partial charge in [0.1, 0.15) is 0 Å². The highest BCUT2D eigenvalue weighted by Crippen LogP contribution is 2.47. The van der Waals surface area contributed by atoms with Crippen molar-refractivity contribution in [1.82, 2.24) is 0 Å². The Balaban J connectivity index is 1.71. The summed E-state index contributed by atoms with van der Waals surface area (Å²) in [5.74, 6) is -0.502. The second kappa shape index (κ2) is 7.47. The number of thioether (sulfide) groups is 1. The molecule has 0 saturated heterocycles. The SMILES string of the molecule is NC(=NN=Cc1cccc2c1OC(F)(F)C(F)(F)O2)SCc1ccccc1. The number of nitrogens with two attached hydrogens (primary N) is 1. The third kappa shape index (κ3) is 4.33. The van der Waals surface area contributed by atoms with E-state index >= 15 is 0 Å². The largest absolute Gasteiger partial charge is 0.507 e. The van der Waals surface area contributed by atoms with Crippen molar-refractivity contribution in [2.45, 2.75) is 18.0 Å². The fraction of sp³-hybridized carbons (Fsp3) is 0.176. The van der Waals surface area contributed by atoms with Crippen LogP contribution in [0.4, 0.5) is 17.6 Å². The van der Waals surface area contributed by atoms with Crippen molar-refractivity contribution >= 4 is 23.1 Å². The van der Waals surface area contributed by atoms with E-state index in [1.165, 1.54) is 23.9 Å². The van der Waals surface area contributed by atoms with Crippen molar-refractivity contribution in [2.75, 3.05) is 0 Å². The lowest BCUT2D eigenvalue weighted by molar-refractivity contribution is -0.391. The van der Waals surface area contributed by atoms with Crippen LogP contribution in [-0.2, 0) is 5.75 Å². The van der Waals surface area contributed by atoms with Crippen LogP contribution in [0, 0.1) is 0 Å². The lowest BCUT2D eigenvalue weighted by atomic mass is 10.2. The van der Waals surface area contributed by atoms with E-state index in [0.29, 0.717) is 5.75 Å². The minimum atomic E-state index is -4.81. The van der Waals surface area contributed by atoms with E-state index in [1.807, 2.05) is 30.3 Å². The highest BCUT2D eigenvalue weighted by Gasteiger charge is 2.66. The highest BCUT2D eigenvalue weighted by atomic mass is 32.2. The molecular weight excluding hydrogens is 386 g/mol. The molecule has 0 bridgehead atoms. The number of amidine groups is 1. The monoisotopic (exact) mass is 399 g/mol. The number of benzene rings is 2. The Morgan fingerprint density at radius 2 is 1.70 bits per heavy atom. The predicted molar refractivity (Wildman–Crippen MR) is 94.5 cm³/mol. The summed E-state index contributed by atoms with van der Waals surface area (Å²) in [5.41, 5.74) is 6.76. The molecule has 1 heterocycles. The summed E-state index contributed by atoms with van der Waals surface area (Å²) in [7, 11) is 0. The molecule has 1 aliphatic heterocycles. The molecule has 3 rings (SSSR count). The van der Waals surface area contributed by atoms with Gasteiger partial charge in [-0.3, -0.25) is 0 Å². The molecule has 0 atom stereocenters. The van der Waals surface area contributed by atoms with Gasteiger partial charge in [-0.1, -0.05) is 48.2 Å². The van der Waals surface area contributed by atoms with Crippen LogP contribution in [0.5, 0.6) is 11.5 Å². The summed E-state index contributed by atoms with van der Waals surface area (Å²) in [6, 6.07) is 13.3. The molecular formula is C17H13F4N3O2S. The fourth-order valence-corrected chi connectivity index (χ4v) is 2.73. The molecule has 0 unspecified atom stereocenters. The number of hydrogen-bond acceptors (Lipinski definition) is 5. The number of alkyl halides is 4. The normalized spacial score (nSPS) is 17.9. The Bertz CT molecular complexity index is 876. The first-order valence-corrected chi connectivity index (χ1v) is 8.57. The van der Waals surface area contributed by atoms with Gasteiger partial charge < -0.3 is 15.2 Å². The van der Waals surface area contributed by atoms with Crippen molar-refractivity contribution in [3.05, 3.63) is 59.7 Å². The molecule has 10 heteroatoms. The molecule has 0 fully saturated rings. The maximum atomic E-state index is 13.4. The van der Waals surface area contributed by atoms with Crippen LogP contribution in [0.25, 0.3) is 0 Å². The molecule has 5 nitrogen and oxygen atoms in total. The van der Waals surface area contributed by atoms with Gasteiger partial charge in [0.15, 0.2) is 16.7 Å². The summed E-state index contributed by atoms with van der Waals surface area (Å²) in [6.45, 7) is 0. The van der Waals surface area contributed by atoms with E-state index in [9.17, 15) is 17.6 Å². The second-order valence-electron chi connectivity index (χ2n) is 5.37. The van der Waals surface area contributed by atoms with E-state index in [1.54, 1.807) is 0 Å². The third-order valence-electron chi connectivity index (χ3n) is 3.40. The van der Waals surface area contributed by atoms with Crippen LogP contribution in [0.1, 0.15) is 11.1 Å². The summed E-state index contributed by atoms with van der Waals surface area (Å²) >= 11 is 1.23. The average molecular weight is 399 g/mol. The molecule has 0 aliphatic carbocycles. The summed E-state index contributed by atoms with van der Waals surface area (Å²) in [4.78, 5) is 0. The number of rotatable bonds is 4. The number of fused-ring (bicyclic) bond motifs is 1. The number of nitrogens with zero attached hydrogens (tertiary/aromatic N) is 2. The van der Waals surface area contributed by atoms with Gasteiger partial charge in [-0.15, -0.1) is 5.10 Å². The van der Waals surface area contributed by atoms with Gasteiger partial charge in [-0.05, 0) is 17.7 Å². The van der Waals surface area contributed by atoms with Crippen molar-refractivity contribution in [3.8, 4) is 11.5 Å². The van der Waals surface area contributed by atoms with Crippen molar-refractivity contribution in [2.24, 2.45) is 15.9 Å². The van der Waals surface area contributed by atoms with Crippen LogP contribution in [0.3, 0.4) is 0 Å². The predicted octanol–water partition coefficient (Wildman–Crippen LogP) is 4.23. The van der Waals surface area contributed by atoms with Crippen LogP contribution in [-0.4, -0.2) is 23.6 Å². The van der Waals surface area contributed by atoms with Crippen LogP contribution < -0.4 is 15.2 Å². The first-order valence-electron chi connectivity index (χ1n) is 7.58. The lowest BCUT2D eigenvalue weighted by Gasteiger charge is -2.32. The Morgan fingerprint density at radius 1 is 1.00 bits per heavy atom. The molecule has 27 heavy (non-hydrogen) atoms. The van der Waals surface area contributed by atoms with Crippen LogP contribution in [0.15, 0.2) is 58.7 Å². The molecule has 0 saturated carbocycles. The molecule has 2 aromatic rings. The minimum Gasteiger partial charge on any atom is -0.421 e. The molecule has 0 amide bonds. The zero-order valence-corrected chi connectivity index (χ0v) is 14.4. The van der Waals surface area contributed by atoms with E-state index in [4.69, 9.17) is 5.73 Å². The number of ether oxygens (including phenoxy) is 2. The van der Waals surface area contributed by atoms with Gasteiger partial charge in [0.05, 0.1) is 6.21 Å². The standard InChI is InChI=1S/C17H13F4N3O2S/c18-16(19)17(20,21)26-14-12(7-4-8-13(14)25-16)9-23-24-15(22)27-10-11-5-2-1-3-6-11/h1-9H,10H2,(H2,22,24). The number of hydrogen-bond donors (Lipinski definition) is 1. The quantitative estimate of drug-likeness (QED) is 0.362. The average Bonchev–Trinajstić information content (AvgIpc) is 2.62. The molecule has 1 aliphatic rings. The van der Waals surface area contributed by atoms with E-state index in [0.717, 1.165) is 17.8 Å². The summed E-state index contributed by atoms with van der Waals surface area (Å²) < 4.78 is 61.3. The van der Waals surface area contributed by atoms with Gasteiger partial charge in [0.2, 0.25) is 0 Å². The third-order valence-corrected chi connectivity index (χ3v) is 4.25. The summed E-state index contributed by atoms with van der Waals surface area (Å²) in [5, 5.41) is 7.59. The molecule has 0 aromatic heterocycles. The molecule has 2 N–H and O–H groups in total. The number of para-hydroxylation sites is 1. The second-order valence-corrected chi connectivity index (χ2v) is 6.36. The fourth-order valence-electron chi connectivity index (χ4n) is 2.12. The Kier molecular flexibility index (Phi) is 5.26. The first-order chi connectivity index (χ1) is 12.8. The van der Waals surface area contributed by atoms with Gasteiger partial charge in [0.25, 0.3) is 0 Å². The van der Waals surface area contributed by atoms with Crippen molar-refractivity contribution in [1.29, 1.82) is 0 Å². The first kappa shape index (κ1) is 19.0. The van der Waals surface area contributed by atoms with E-state index < -0.39 is 23.7 Å². The van der Waals surface area contributed by atoms with Crippen LogP contribution >= 0.6 is 11.8 Å².